The fraction of sp³-hybridized carbons (Fsp3) is 0.357. The van der Waals surface area contributed by atoms with Crippen LogP contribution in [-0.4, -0.2) is 23.6 Å². The number of hydrogen-bond acceptors (Lipinski definition) is 3. The Morgan fingerprint density at radius 2 is 2.33 bits per heavy atom. The molecule has 3 rings (SSSR count). The second kappa shape index (κ2) is 4.82. The molecule has 4 heteroatoms. The summed E-state index contributed by atoms with van der Waals surface area (Å²) in [6.45, 7) is 1.57. The van der Waals surface area contributed by atoms with Crippen molar-refractivity contribution < 1.29 is 4.74 Å². The normalized spacial score (nSPS) is 18.2. The lowest BCUT2D eigenvalue weighted by Gasteiger charge is -2.24. The van der Waals surface area contributed by atoms with E-state index in [1.165, 1.54) is 5.56 Å². The van der Waals surface area contributed by atoms with Gasteiger partial charge in [0, 0.05) is 29.9 Å². The zero-order valence-electron chi connectivity index (χ0n) is 10.4. The van der Waals surface area contributed by atoms with E-state index in [2.05, 4.69) is 27.4 Å². The molecule has 0 radical (unpaired) electrons. The van der Waals surface area contributed by atoms with Crippen LogP contribution in [0, 0.1) is 0 Å². The molecule has 1 aromatic heterocycles. The molecule has 0 saturated heterocycles. The van der Waals surface area contributed by atoms with E-state index in [0.29, 0.717) is 5.92 Å². The van der Waals surface area contributed by atoms with Crippen molar-refractivity contribution in [2.24, 2.45) is 0 Å². The molecular weight excluding hydrogens is 226 g/mol. The minimum Gasteiger partial charge on any atom is -0.493 e. The molecule has 1 aliphatic heterocycles. The zero-order chi connectivity index (χ0) is 12.4. The van der Waals surface area contributed by atoms with Gasteiger partial charge in [-0.3, -0.25) is 0 Å². The first-order valence-corrected chi connectivity index (χ1v) is 6.28. The fourth-order valence-corrected chi connectivity index (χ4v) is 2.46. The topological polar surface area (TPSA) is 49.9 Å². The summed E-state index contributed by atoms with van der Waals surface area (Å²) in [7, 11) is 1.93. The molecular formula is C14H17N3O. The summed E-state index contributed by atoms with van der Waals surface area (Å²) in [6, 6.07) is 8.21. The third-order valence-electron chi connectivity index (χ3n) is 3.30. The highest BCUT2D eigenvalue weighted by molar-refractivity contribution is 5.40. The standard InChI is InChI=1S/C14H17N3O/c1-15-8-10-9-16-14(17-10)12-6-7-18-13-5-3-2-4-11(12)13/h2-5,9,12,15H,6-8H2,1H3,(H,16,17). The van der Waals surface area contributed by atoms with Crippen molar-refractivity contribution in [3.05, 3.63) is 47.5 Å². The van der Waals surface area contributed by atoms with Crippen LogP contribution >= 0.6 is 0 Å². The SMILES string of the molecule is CNCc1cnc(C2CCOc3ccccc32)[nH]1. The minimum absolute atomic E-state index is 0.320. The average Bonchev–Trinajstić information content (AvgIpc) is 2.87. The number of fused-ring (bicyclic) bond motifs is 1. The quantitative estimate of drug-likeness (QED) is 0.867. The van der Waals surface area contributed by atoms with Crippen molar-refractivity contribution in [1.82, 2.24) is 15.3 Å². The number of benzene rings is 1. The van der Waals surface area contributed by atoms with E-state index in [0.717, 1.165) is 36.8 Å². The second-order valence-electron chi connectivity index (χ2n) is 4.55. The maximum Gasteiger partial charge on any atom is 0.123 e. The molecule has 1 aliphatic rings. The number of nitrogens with zero attached hydrogens (tertiary/aromatic N) is 1. The van der Waals surface area contributed by atoms with Gasteiger partial charge in [0.25, 0.3) is 0 Å². The Labute approximate surface area is 106 Å². The van der Waals surface area contributed by atoms with Gasteiger partial charge in [0.1, 0.15) is 11.6 Å². The molecule has 2 heterocycles. The monoisotopic (exact) mass is 243 g/mol. The highest BCUT2D eigenvalue weighted by Crippen LogP contribution is 2.36. The van der Waals surface area contributed by atoms with Crippen LogP contribution in [0.5, 0.6) is 5.75 Å². The Bertz CT molecular complexity index is 535. The van der Waals surface area contributed by atoms with E-state index in [4.69, 9.17) is 4.74 Å². The van der Waals surface area contributed by atoms with Crippen molar-refractivity contribution in [1.29, 1.82) is 0 Å². The van der Waals surface area contributed by atoms with E-state index < -0.39 is 0 Å². The summed E-state index contributed by atoms with van der Waals surface area (Å²) in [5.74, 6) is 2.34. The first-order chi connectivity index (χ1) is 8.88. The van der Waals surface area contributed by atoms with Gasteiger partial charge >= 0.3 is 0 Å². The van der Waals surface area contributed by atoms with Crippen molar-refractivity contribution in [3.8, 4) is 5.75 Å². The molecule has 0 fully saturated rings. The van der Waals surface area contributed by atoms with Gasteiger partial charge in [-0.15, -0.1) is 0 Å². The average molecular weight is 243 g/mol. The highest BCUT2D eigenvalue weighted by atomic mass is 16.5. The molecule has 94 valence electrons. The molecule has 2 N–H and O–H groups in total. The van der Waals surface area contributed by atoms with E-state index >= 15 is 0 Å². The smallest absolute Gasteiger partial charge is 0.123 e. The molecule has 0 bridgehead atoms. The van der Waals surface area contributed by atoms with Gasteiger partial charge in [0.15, 0.2) is 0 Å². The molecule has 0 spiro atoms. The lowest BCUT2D eigenvalue weighted by molar-refractivity contribution is 0.274. The van der Waals surface area contributed by atoms with Crippen molar-refractivity contribution in [2.75, 3.05) is 13.7 Å². The minimum atomic E-state index is 0.320. The van der Waals surface area contributed by atoms with E-state index in [1.54, 1.807) is 0 Å². The molecule has 2 aromatic rings. The third-order valence-corrected chi connectivity index (χ3v) is 3.30. The Morgan fingerprint density at radius 1 is 1.44 bits per heavy atom. The molecule has 0 aliphatic carbocycles. The highest BCUT2D eigenvalue weighted by Gasteiger charge is 2.24. The van der Waals surface area contributed by atoms with Gasteiger partial charge in [0.2, 0.25) is 0 Å². The number of para-hydroxylation sites is 1. The first-order valence-electron chi connectivity index (χ1n) is 6.28. The van der Waals surface area contributed by atoms with Crippen LogP contribution in [0.3, 0.4) is 0 Å². The molecule has 1 unspecified atom stereocenters. The third kappa shape index (κ3) is 1.99. The number of aromatic amines is 1. The molecule has 4 nitrogen and oxygen atoms in total. The number of nitrogens with one attached hydrogen (secondary N) is 2. The molecule has 1 atom stereocenters. The first kappa shape index (κ1) is 11.3. The summed E-state index contributed by atoms with van der Waals surface area (Å²) in [4.78, 5) is 7.90. The lowest BCUT2D eigenvalue weighted by atomic mass is 9.92. The van der Waals surface area contributed by atoms with Crippen LogP contribution in [0.2, 0.25) is 0 Å². The summed E-state index contributed by atoms with van der Waals surface area (Å²) in [5, 5.41) is 3.12. The fourth-order valence-electron chi connectivity index (χ4n) is 2.46. The van der Waals surface area contributed by atoms with E-state index in [1.807, 2.05) is 25.4 Å². The van der Waals surface area contributed by atoms with Crippen LogP contribution < -0.4 is 10.1 Å². The van der Waals surface area contributed by atoms with E-state index in [-0.39, 0.29) is 0 Å². The van der Waals surface area contributed by atoms with Crippen molar-refractivity contribution in [3.63, 3.8) is 0 Å². The summed E-state index contributed by atoms with van der Waals surface area (Å²) in [6.07, 6.45) is 2.88. The predicted molar refractivity (Wildman–Crippen MR) is 69.7 cm³/mol. The number of aromatic nitrogens is 2. The Hall–Kier alpha value is -1.81. The maximum atomic E-state index is 5.68. The van der Waals surface area contributed by atoms with Crippen LogP contribution in [0.15, 0.2) is 30.5 Å². The van der Waals surface area contributed by atoms with Crippen LogP contribution in [0.1, 0.15) is 29.4 Å². The Morgan fingerprint density at radius 3 is 3.22 bits per heavy atom. The molecule has 0 saturated carbocycles. The van der Waals surface area contributed by atoms with Gasteiger partial charge in [-0.2, -0.15) is 0 Å². The molecule has 1 aromatic carbocycles. The number of imidazole rings is 1. The van der Waals surface area contributed by atoms with Gasteiger partial charge in [-0.05, 0) is 19.5 Å². The largest absolute Gasteiger partial charge is 0.493 e. The van der Waals surface area contributed by atoms with Gasteiger partial charge in [-0.25, -0.2) is 4.98 Å². The zero-order valence-corrected chi connectivity index (χ0v) is 10.4. The van der Waals surface area contributed by atoms with Crippen molar-refractivity contribution in [2.45, 2.75) is 18.9 Å². The Kier molecular flexibility index (Phi) is 3.02. The van der Waals surface area contributed by atoms with Gasteiger partial charge in [-0.1, -0.05) is 18.2 Å². The lowest BCUT2D eigenvalue weighted by Crippen LogP contribution is -2.16. The maximum absolute atomic E-state index is 5.68. The summed E-state index contributed by atoms with van der Waals surface area (Å²) < 4.78 is 5.68. The number of hydrogen-bond donors (Lipinski definition) is 2. The van der Waals surface area contributed by atoms with Gasteiger partial charge in [0.05, 0.1) is 6.61 Å². The van der Waals surface area contributed by atoms with Crippen LogP contribution in [-0.2, 0) is 6.54 Å². The van der Waals surface area contributed by atoms with Gasteiger partial charge < -0.3 is 15.0 Å². The number of ether oxygens (including phenoxy) is 1. The van der Waals surface area contributed by atoms with Crippen LogP contribution in [0.4, 0.5) is 0 Å². The van der Waals surface area contributed by atoms with Crippen LogP contribution in [0.25, 0.3) is 0 Å². The molecule has 18 heavy (non-hydrogen) atoms. The van der Waals surface area contributed by atoms with Crippen molar-refractivity contribution >= 4 is 0 Å². The summed E-state index contributed by atoms with van der Waals surface area (Å²) >= 11 is 0. The second-order valence-corrected chi connectivity index (χ2v) is 4.55. The predicted octanol–water partition coefficient (Wildman–Crippen LogP) is 2.04. The number of H-pyrrole nitrogens is 1. The molecule has 0 amide bonds. The van der Waals surface area contributed by atoms with E-state index in [9.17, 15) is 0 Å². The Balaban J connectivity index is 1.92. The number of rotatable bonds is 3. The summed E-state index contributed by atoms with van der Waals surface area (Å²) in [5.41, 5.74) is 2.35.